The first kappa shape index (κ1) is 19.8. The van der Waals surface area contributed by atoms with Gasteiger partial charge < -0.3 is 0 Å². The van der Waals surface area contributed by atoms with E-state index in [2.05, 4.69) is 6.08 Å². The second-order valence-corrected chi connectivity index (χ2v) is 9.93. The Labute approximate surface area is 144 Å². The number of hydrogen-bond donors (Lipinski definition) is 0. The van der Waals surface area contributed by atoms with Gasteiger partial charge in [0.05, 0.1) is 19.9 Å². The van der Waals surface area contributed by atoms with Gasteiger partial charge in [0.15, 0.2) is 0 Å². The molecule has 137 valence electrons. The molecule has 1 atom stereocenters. The highest BCUT2D eigenvalue weighted by Crippen LogP contribution is 2.47. The van der Waals surface area contributed by atoms with Crippen LogP contribution in [0.5, 0.6) is 0 Å². The third-order valence-corrected chi connectivity index (χ3v) is 7.65. The average Bonchev–Trinajstić information content (AvgIpc) is 2.70. The van der Waals surface area contributed by atoms with Crippen molar-refractivity contribution in [1.29, 1.82) is 0 Å². The first-order valence-corrected chi connectivity index (χ1v) is 10.7. The number of hydrogen-bond acceptors (Lipinski definition) is 0. The van der Waals surface area contributed by atoms with Crippen LogP contribution in [0.2, 0.25) is 13.1 Å². The lowest BCUT2D eigenvalue weighted by Crippen LogP contribution is -2.38. The fourth-order valence-electron chi connectivity index (χ4n) is 3.44. The number of halogens is 6. The van der Waals surface area contributed by atoms with E-state index in [1.165, 1.54) is 0 Å². The van der Waals surface area contributed by atoms with Crippen molar-refractivity contribution in [3.05, 3.63) is 57.7 Å². The van der Waals surface area contributed by atoms with Crippen LogP contribution in [-0.4, -0.2) is 8.80 Å². The summed E-state index contributed by atoms with van der Waals surface area (Å²) in [6, 6.07) is 1.88. The van der Waals surface area contributed by atoms with Crippen molar-refractivity contribution in [1.82, 2.24) is 0 Å². The zero-order chi connectivity index (χ0) is 19.4. The molecule has 1 aromatic rings. The van der Waals surface area contributed by atoms with E-state index in [0.29, 0.717) is 0 Å². The third kappa shape index (κ3) is 3.30. The molecule has 0 heterocycles. The second-order valence-electron chi connectivity index (χ2n) is 6.76. The minimum atomic E-state index is -4.85. The Morgan fingerprint density at radius 2 is 1.28 bits per heavy atom. The number of rotatable bonds is 2. The smallest absolute Gasteiger partial charge is 0.166 e. The van der Waals surface area contributed by atoms with Crippen molar-refractivity contribution < 1.29 is 26.3 Å². The molecule has 1 aliphatic rings. The van der Waals surface area contributed by atoms with Gasteiger partial charge in [-0.3, -0.25) is 0 Å². The Bertz CT molecular complexity index is 720. The first-order valence-electron chi connectivity index (χ1n) is 7.81. The summed E-state index contributed by atoms with van der Waals surface area (Å²) in [7, 11) is -1.79. The molecule has 0 fully saturated rings. The molecule has 2 rings (SSSR count). The first-order chi connectivity index (χ1) is 11.2. The van der Waals surface area contributed by atoms with E-state index in [1.54, 1.807) is 13.8 Å². The highest BCUT2D eigenvalue weighted by atomic mass is 28.3. The lowest BCUT2D eigenvalue weighted by Gasteiger charge is -2.35. The summed E-state index contributed by atoms with van der Waals surface area (Å²) in [5.41, 5.74) is -0.0627. The second kappa shape index (κ2) is 6.04. The molecule has 0 bridgehead atoms. The summed E-state index contributed by atoms with van der Waals surface area (Å²) in [5.74, 6) is 0. The van der Waals surface area contributed by atoms with Gasteiger partial charge in [0.25, 0.3) is 0 Å². The van der Waals surface area contributed by atoms with E-state index in [0.717, 1.165) is 28.9 Å². The van der Waals surface area contributed by atoms with Gasteiger partial charge in [0.2, 0.25) is 0 Å². The van der Waals surface area contributed by atoms with Gasteiger partial charge in [0.1, 0.15) is 0 Å². The molecule has 0 aromatic heterocycles. The molecule has 25 heavy (non-hydrogen) atoms. The van der Waals surface area contributed by atoms with E-state index < -0.39 is 37.3 Å². The lowest BCUT2D eigenvalue weighted by molar-refractivity contribution is -0.143. The summed E-state index contributed by atoms with van der Waals surface area (Å²) in [6.45, 7) is 9.22. The van der Waals surface area contributed by atoms with Crippen molar-refractivity contribution in [3.8, 4) is 0 Å². The molecule has 1 radical (unpaired) electrons. The van der Waals surface area contributed by atoms with Crippen LogP contribution in [0.25, 0.3) is 0 Å². The van der Waals surface area contributed by atoms with E-state index >= 15 is 0 Å². The van der Waals surface area contributed by atoms with Crippen LogP contribution in [0.1, 0.15) is 37.5 Å². The van der Waals surface area contributed by atoms with Crippen LogP contribution < -0.4 is 0 Å². The molecule has 7 heteroatoms. The molecular formula is C18H19F6Si. The molecule has 0 nitrogen and oxygen atoms in total. The fraction of sp³-hybridized carbons (Fsp3) is 0.444. The maximum Gasteiger partial charge on any atom is 0.416 e. The zero-order valence-electron chi connectivity index (χ0n) is 14.6. The quantitative estimate of drug-likeness (QED) is 0.432. The van der Waals surface area contributed by atoms with E-state index in [9.17, 15) is 26.3 Å². The van der Waals surface area contributed by atoms with Crippen molar-refractivity contribution in [2.75, 3.05) is 0 Å². The normalized spacial score (nSPS) is 22.0. The van der Waals surface area contributed by atoms with Crippen LogP contribution in [-0.2, 0) is 17.4 Å². The van der Waals surface area contributed by atoms with E-state index in [-0.39, 0.29) is 11.6 Å². The molecular weight excluding hydrogens is 358 g/mol. The SMILES string of the molecule is CC1=[C]C(c2cc(C(F)(F)F)cc(C(F)(F)F)c2)([SiH](C)C)C(C)=C1C. The average molecular weight is 377 g/mol. The van der Waals surface area contributed by atoms with Crippen molar-refractivity contribution in [3.63, 3.8) is 0 Å². The number of benzene rings is 1. The van der Waals surface area contributed by atoms with Crippen LogP contribution in [0.3, 0.4) is 0 Å². The number of allylic oxidation sites excluding steroid dienone is 4. The predicted octanol–water partition coefficient (Wildman–Crippen LogP) is 6.09. The Morgan fingerprint density at radius 1 is 0.840 bits per heavy atom. The predicted molar refractivity (Wildman–Crippen MR) is 87.8 cm³/mol. The van der Waals surface area contributed by atoms with E-state index in [4.69, 9.17) is 0 Å². The maximum atomic E-state index is 13.2. The summed E-state index contributed by atoms with van der Waals surface area (Å²) in [5, 5.41) is -0.963. The molecule has 0 N–H and O–H groups in total. The molecule has 0 saturated heterocycles. The van der Waals surface area contributed by atoms with Gasteiger partial charge in [0, 0.05) is 5.04 Å². The fourth-order valence-corrected chi connectivity index (χ4v) is 5.86. The number of alkyl halides is 6. The minimum absolute atomic E-state index is 0.0324. The van der Waals surface area contributed by atoms with Crippen molar-refractivity contribution in [2.24, 2.45) is 0 Å². The van der Waals surface area contributed by atoms with Gasteiger partial charge in [-0.2, -0.15) is 26.3 Å². The zero-order valence-corrected chi connectivity index (χ0v) is 15.7. The molecule has 1 unspecified atom stereocenters. The Kier molecular flexibility index (Phi) is 4.79. The Balaban J connectivity index is 2.85. The third-order valence-electron chi connectivity index (χ3n) is 5.01. The van der Waals surface area contributed by atoms with Crippen molar-refractivity contribution >= 4 is 8.80 Å². The van der Waals surface area contributed by atoms with Crippen molar-refractivity contribution in [2.45, 2.75) is 51.3 Å². The minimum Gasteiger partial charge on any atom is -0.166 e. The molecule has 1 aliphatic carbocycles. The van der Waals surface area contributed by atoms with Crippen LogP contribution >= 0.6 is 0 Å². The topological polar surface area (TPSA) is 0 Å². The molecule has 1 aromatic carbocycles. The monoisotopic (exact) mass is 377 g/mol. The highest BCUT2D eigenvalue weighted by molar-refractivity contribution is 6.61. The Hall–Kier alpha value is -1.50. The van der Waals surface area contributed by atoms with Gasteiger partial charge >= 0.3 is 12.4 Å². The summed E-state index contributed by atoms with van der Waals surface area (Å²) in [6.07, 6.45) is -6.49. The van der Waals surface area contributed by atoms with Gasteiger partial charge in [-0.15, -0.1) is 0 Å². The lowest BCUT2D eigenvalue weighted by atomic mass is 9.89. The van der Waals surface area contributed by atoms with Gasteiger partial charge in [-0.05, 0) is 61.8 Å². The maximum absolute atomic E-state index is 13.2. The van der Waals surface area contributed by atoms with Crippen LogP contribution in [0, 0.1) is 6.08 Å². The molecule has 0 spiro atoms. The molecule has 0 aliphatic heterocycles. The van der Waals surface area contributed by atoms with E-state index in [1.807, 2.05) is 20.0 Å². The van der Waals surface area contributed by atoms with Gasteiger partial charge in [-0.25, -0.2) is 0 Å². The van der Waals surface area contributed by atoms with Crippen LogP contribution in [0.15, 0.2) is 34.9 Å². The summed E-state index contributed by atoms with van der Waals surface area (Å²) in [4.78, 5) is 0. The summed E-state index contributed by atoms with van der Waals surface area (Å²) < 4.78 is 79.2. The summed E-state index contributed by atoms with van der Waals surface area (Å²) >= 11 is 0. The van der Waals surface area contributed by atoms with Crippen LogP contribution in [0.4, 0.5) is 26.3 Å². The molecule has 0 saturated carbocycles. The van der Waals surface area contributed by atoms with Gasteiger partial charge in [-0.1, -0.05) is 18.7 Å². The largest absolute Gasteiger partial charge is 0.416 e. The standard InChI is InChI=1S/C18H19F6Si/c1-10-9-16(25(4)5,12(3)11(10)2)13-6-14(17(19,20)21)8-15(7-13)18(22,23)24/h6-8,25H,1-5H3. The Morgan fingerprint density at radius 3 is 1.56 bits per heavy atom. The molecule has 0 amide bonds. The highest BCUT2D eigenvalue weighted by Gasteiger charge is 2.44.